The number of hydrogen-bond donors (Lipinski definition) is 0. The highest BCUT2D eigenvalue weighted by atomic mass is 35.5. The van der Waals surface area contributed by atoms with Crippen LogP contribution in [0.2, 0.25) is 0 Å². The van der Waals surface area contributed by atoms with E-state index in [-0.39, 0.29) is 9.75 Å². The molecule has 1 unspecified atom stereocenters. The smallest absolute Gasteiger partial charge is 0.0697 e. The number of likely N-dealkylation sites (N-methyl/N-ethyl adjacent to an activating group) is 1. The van der Waals surface area contributed by atoms with Gasteiger partial charge >= 0.3 is 0 Å². The predicted octanol–water partition coefficient (Wildman–Crippen LogP) is 8.73. The first-order chi connectivity index (χ1) is 16.9. The fourth-order valence-electron chi connectivity index (χ4n) is 5.68. The minimum atomic E-state index is -0.165. The van der Waals surface area contributed by atoms with Crippen molar-refractivity contribution in [2.75, 3.05) is 13.1 Å². The van der Waals surface area contributed by atoms with Gasteiger partial charge in [-0.05, 0) is 93.0 Å². The molecule has 35 heavy (non-hydrogen) atoms. The average Bonchev–Trinajstić information content (AvgIpc) is 2.84. The summed E-state index contributed by atoms with van der Waals surface area (Å²) in [5, 5.41) is 7.32. The van der Waals surface area contributed by atoms with Gasteiger partial charge in [0.2, 0.25) is 0 Å². The van der Waals surface area contributed by atoms with E-state index in [0.29, 0.717) is 6.04 Å². The second kappa shape index (κ2) is 13.1. The number of rotatable bonds is 11. The van der Waals surface area contributed by atoms with Gasteiger partial charge in [-0.3, -0.25) is 0 Å². The Balaban J connectivity index is 0.00000108. The SMILES string of the molecule is CC#N.CCC(CCc1c(C2(Cl)CCC2)cccc1C1(Cl)CCC1)N(CC)CCc1ccccc1. The van der Waals surface area contributed by atoms with E-state index in [9.17, 15) is 0 Å². The molecule has 0 heterocycles. The molecule has 2 saturated carbocycles. The Hall–Kier alpha value is -1.53. The van der Waals surface area contributed by atoms with Gasteiger partial charge in [0, 0.05) is 19.5 Å². The van der Waals surface area contributed by atoms with Crippen molar-refractivity contribution in [3.63, 3.8) is 0 Å². The first-order valence-electron chi connectivity index (χ1n) is 13.5. The molecule has 2 aromatic carbocycles. The van der Waals surface area contributed by atoms with Crippen molar-refractivity contribution < 1.29 is 0 Å². The summed E-state index contributed by atoms with van der Waals surface area (Å²) in [5.74, 6) is 0. The molecule has 4 rings (SSSR count). The van der Waals surface area contributed by atoms with Crippen molar-refractivity contribution in [2.45, 2.75) is 101 Å². The third-order valence-corrected chi connectivity index (χ3v) is 9.25. The molecule has 0 aromatic heterocycles. The van der Waals surface area contributed by atoms with Crippen molar-refractivity contribution >= 4 is 23.2 Å². The highest BCUT2D eigenvalue weighted by molar-refractivity contribution is 6.25. The van der Waals surface area contributed by atoms with Gasteiger partial charge in [-0.2, -0.15) is 5.26 Å². The van der Waals surface area contributed by atoms with E-state index in [1.165, 1.54) is 54.9 Å². The van der Waals surface area contributed by atoms with Crippen LogP contribution in [-0.4, -0.2) is 24.0 Å². The molecule has 2 aliphatic rings. The van der Waals surface area contributed by atoms with Gasteiger partial charge in [0.05, 0.1) is 15.8 Å². The zero-order valence-electron chi connectivity index (χ0n) is 21.8. The molecule has 0 saturated heterocycles. The molecule has 1 atom stereocenters. The maximum absolute atomic E-state index is 7.32. The van der Waals surface area contributed by atoms with E-state index < -0.39 is 0 Å². The molecule has 0 amide bonds. The van der Waals surface area contributed by atoms with Crippen molar-refractivity contribution in [3.05, 3.63) is 70.8 Å². The van der Waals surface area contributed by atoms with Gasteiger partial charge in [0.25, 0.3) is 0 Å². The summed E-state index contributed by atoms with van der Waals surface area (Å²) in [6, 6.07) is 20.0. The predicted molar refractivity (Wildman–Crippen MR) is 150 cm³/mol. The van der Waals surface area contributed by atoms with Crippen molar-refractivity contribution in [1.29, 1.82) is 5.26 Å². The molecule has 0 aliphatic heterocycles. The lowest BCUT2D eigenvalue weighted by atomic mass is 9.71. The fourth-order valence-corrected chi connectivity index (χ4v) is 6.57. The largest absolute Gasteiger partial charge is 0.300 e. The normalized spacial score (nSPS) is 18.4. The van der Waals surface area contributed by atoms with E-state index >= 15 is 0 Å². The molecular formula is C31H42Cl2N2. The second-order valence-corrected chi connectivity index (χ2v) is 11.6. The summed E-state index contributed by atoms with van der Waals surface area (Å²) in [7, 11) is 0. The van der Waals surface area contributed by atoms with Crippen LogP contribution in [0.5, 0.6) is 0 Å². The van der Waals surface area contributed by atoms with E-state index in [2.05, 4.69) is 67.3 Å². The van der Waals surface area contributed by atoms with Gasteiger partial charge in [0.15, 0.2) is 0 Å². The molecule has 190 valence electrons. The van der Waals surface area contributed by atoms with Gasteiger partial charge in [-0.25, -0.2) is 0 Å². The summed E-state index contributed by atoms with van der Waals surface area (Å²) >= 11 is 14.2. The number of nitrogens with zero attached hydrogens (tertiary/aromatic N) is 2. The summed E-state index contributed by atoms with van der Waals surface area (Å²) in [6.45, 7) is 8.29. The Bertz CT molecular complexity index is 919. The molecule has 2 fully saturated rings. The standard InChI is InChI=1S/C29H39Cl2N.C2H3N/c1-3-24(32(4-2)22-17-23-11-6-5-7-12-23)15-16-25-26(28(30)18-9-19-28)13-8-14-27(25)29(31)20-10-21-29;1-2-3/h5-8,11-14,24H,3-4,9-10,15-22H2,1-2H3;1H3. The quantitative estimate of drug-likeness (QED) is 0.281. The van der Waals surface area contributed by atoms with Crippen molar-refractivity contribution in [1.82, 2.24) is 4.90 Å². The van der Waals surface area contributed by atoms with Gasteiger partial charge < -0.3 is 4.90 Å². The number of nitriles is 1. The Morgan fingerprint density at radius 2 is 1.43 bits per heavy atom. The van der Waals surface area contributed by atoms with E-state index in [1.54, 1.807) is 6.07 Å². The van der Waals surface area contributed by atoms with E-state index in [0.717, 1.165) is 51.6 Å². The maximum Gasteiger partial charge on any atom is 0.0697 e. The van der Waals surface area contributed by atoms with Crippen LogP contribution in [0.25, 0.3) is 0 Å². The lowest BCUT2D eigenvalue weighted by Crippen LogP contribution is -2.37. The topological polar surface area (TPSA) is 27.0 Å². The summed E-state index contributed by atoms with van der Waals surface area (Å²) in [4.78, 5) is 2.35. The lowest BCUT2D eigenvalue weighted by molar-refractivity contribution is 0.192. The van der Waals surface area contributed by atoms with Gasteiger partial charge in [-0.1, -0.05) is 62.4 Å². The molecular weight excluding hydrogens is 471 g/mol. The van der Waals surface area contributed by atoms with Crippen LogP contribution in [-0.2, 0) is 22.6 Å². The Morgan fingerprint density at radius 1 is 0.886 bits per heavy atom. The Labute approximate surface area is 223 Å². The number of hydrogen-bond acceptors (Lipinski definition) is 2. The number of alkyl halides is 2. The maximum atomic E-state index is 7.32. The van der Waals surface area contributed by atoms with Crippen LogP contribution in [0, 0.1) is 11.3 Å². The van der Waals surface area contributed by atoms with Crippen LogP contribution >= 0.6 is 23.2 Å². The zero-order valence-corrected chi connectivity index (χ0v) is 23.3. The first kappa shape index (κ1) is 28.0. The molecule has 0 spiro atoms. The van der Waals surface area contributed by atoms with Gasteiger partial charge in [0.1, 0.15) is 0 Å². The first-order valence-corrected chi connectivity index (χ1v) is 14.3. The van der Waals surface area contributed by atoms with Crippen LogP contribution in [0.1, 0.15) is 94.4 Å². The molecule has 2 nitrogen and oxygen atoms in total. The minimum absolute atomic E-state index is 0.165. The number of benzene rings is 2. The fraction of sp³-hybridized carbons (Fsp3) is 0.581. The number of halogens is 2. The van der Waals surface area contributed by atoms with E-state index in [4.69, 9.17) is 28.5 Å². The lowest BCUT2D eigenvalue weighted by Gasteiger charge is -2.42. The second-order valence-electron chi connectivity index (χ2n) is 10.2. The van der Waals surface area contributed by atoms with Gasteiger partial charge in [-0.15, -0.1) is 23.2 Å². The van der Waals surface area contributed by atoms with Crippen LogP contribution in [0.3, 0.4) is 0 Å². The van der Waals surface area contributed by atoms with Crippen molar-refractivity contribution in [2.24, 2.45) is 0 Å². The van der Waals surface area contributed by atoms with Crippen LogP contribution in [0.4, 0.5) is 0 Å². The van der Waals surface area contributed by atoms with Crippen molar-refractivity contribution in [3.8, 4) is 6.07 Å². The zero-order chi connectivity index (χ0) is 25.3. The molecule has 0 N–H and O–H groups in total. The molecule has 0 radical (unpaired) electrons. The summed E-state index contributed by atoms with van der Waals surface area (Å²) in [5.41, 5.74) is 5.64. The van der Waals surface area contributed by atoms with E-state index in [1.807, 2.05) is 0 Å². The molecule has 2 aromatic rings. The molecule has 0 bridgehead atoms. The molecule has 4 heteroatoms. The highest BCUT2D eigenvalue weighted by Gasteiger charge is 2.43. The Morgan fingerprint density at radius 3 is 1.86 bits per heavy atom. The third-order valence-electron chi connectivity index (χ3n) is 8.09. The minimum Gasteiger partial charge on any atom is -0.300 e. The summed E-state index contributed by atoms with van der Waals surface area (Å²) in [6.07, 6.45) is 11.4. The highest BCUT2D eigenvalue weighted by Crippen LogP contribution is 2.53. The van der Waals surface area contributed by atoms with Crippen LogP contribution < -0.4 is 0 Å². The average molecular weight is 514 g/mol. The Kier molecular flexibility index (Phi) is 10.5. The van der Waals surface area contributed by atoms with Crippen LogP contribution in [0.15, 0.2) is 48.5 Å². The summed E-state index contributed by atoms with van der Waals surface area (Å²) < 4.78 is 0. The third kappa shape index (κ3) is 6.82. The monoisotopic (exact) mass is 512 g/mol. The molecule has 2 aliphatic carbocycles.